The van der Waals surface area contributed by atoms with Crippen molar-refractivity contribution < 1.29 is 9.18 Å². The van der Waals surface area contributed by atoms with Crippen LogP contribution in [0.2, 0.25) is 0 Å². The molecule has 9 heteroatoms. The van der Waals surface area contributed by atoms with Gasteiger partial charge in [0.2, 0.25) is 11.9 Å². The van der Waals surface area contributed by atoms with E-state index in [9.17, 15) is 9.18 Å². The molecule has 0 spiro atoms. The lowest BCUT2D eigenvalue weighted by Gasteiger charge is -2.17. The average Bonchev–Trinajstić information content (AvgIpc) is 3.40. The van der Waals surface area contributed by atoms with Crippen LogP contribution in [0.5, 0.6) is 0 Å². The molecule has 3 heterocycles. The summed E-state index contributed by atoms with van der Waals surface area (Å²) in [7, 11) is 0. The van der Waals surface area contributed by atoms with Crippen LogP contribution in [0, 0.1) is 5.82 Å². The van der Waals surface area contributed by atoms with Crippen molar-refractivity contribution in [3.8, 4) is 11.4 Å². The van der Waals surface area contributed by atoms with Gasteiger partial charge in [-0.05, 0) is 37.1 Å². The van der Waals surface area contributed by atoms with Gasteiger partial charge in [0.25, 0.3) is 0 Å². The van der Waals surface area contributed by atoms with Gasteiger partial charge >= 0.3 is 0 Å². The number of fused-ring (bicyclic) bond motifs is 1. The number of halogens is 1. The molecule has 4 rings (SSSR count). The van der Waals surface area contributed by atoms with Crippen LogP contribution in [0.1, 0.15) is 26.2 Å². The number of unbranched alkanes of at least 4 members (excludes halogenated alkanes) is 1. The predicted octanol–water partition coefficient (Wildman–Crippen LogP) is 3.57. The highest BCUT2D eigenvalue weighted by Gasteiger charge is 2.26. The number of anilines is 2. The number of aromatic nitrogens is 4. The minimum absolute atomic E-state index is 0.0443. The Morgan fingerprint density at radius 3 is 3.10 bits per heavy atom. The molecule has 0 aliphatic carbocycles. The van der Waals surface area contributed by atoms with Gasteiger partial charge in [0.1, 0.15) is 17.5 Å². The third-order valence-electron chi connectivity index (χ3n) is 5.32. The predicted molar refractivity (Wildman–Crippen MR) is 119 cm³/mol. The molecular formula is C22H26FN7O. The van der Waals surface area contributed by atoms with E-state index in [4.69, 9.17) is 0 Å². The second kappa shape index (κ2) is 9.11. The fourth-order valence-electron chi connectivity index (χ4n) is 3.64. The highest BCUT2D eigenvalue weighted by atomic mass is 19.1. The summed E-state index contributed by atoms with van der Waals surface area (Å²) in [6.45, 7) is 7.70. The molecule has 31 heavy (non-hydrogen) atoms. The first kappa shape index (κ1) is 20.8. The zero-order valence-electron chi connectivity index (χ0n) is 17.5. The van der Waals surface area contributed by atoms with Gasteiger partial charge < -0.3 is 20.5 Å². The minimum atomic E-state index is -0.328. The number of nitrogens with one attached hydrogen (secondary N) is 3. The van der Waals surface area contributed by atoms with Crippen LogP contribution in [-0.2, 0) is 4.79 Å². The molecule has 1 aromatic carbocycles. The zero-order valence-corrected chi connectivity index (χ0v) is 17.5. The van der Waals surface area contributed by atoms with E-state index in [0.717, 1.165) is 25.8 Å². The third-order valence-corrected chi connectivity index (χ3v) is 5.32. The second-order valence-electron chi connectivity index (χ2n) is 7.60. The van der Waals surface area contributed by atoms with Crippen molar-refractivity contribution in [2.75, 3.05) is 30.3 Å². The minimum Gasteiger partial charge on any atom is -0.365 e. The number of likely N-dealkylation sites (tertiary alicyclic amines) is 1. The largest absolute Gasteiger partial charge is 0.365 e. The monoisotopic (exact) mass is 423 g/mol. The van der Waals surface area contributed by atoms with Crippen LogP contribution in [0.3, 0.4) is 0 Å². The maximum absolute atomic E-state index is 13.6. The molecule has 1 amide bonds. The van der Waals surface area contributed by atoms with Crippen molar-refractivity contribution in [1.82, 2.24) is 24.8 Å². The fourth-order valence-corrected chi connectivity index (χ4v) is 3.64. The van der Waals surface area contributed by atoms with E-state index in [0.29, 0.717) is 47.3 Å². The highest BCUT2D eigenvalue weighted by Crippen LogP contribution is 2.28. The topological polar surface area (TPSA) is 98.8 Å². The normalized spacial score (nSPS) is 15.9. The van der Waals surface area contributed by atoms with Crippen molar-refractivity contribution in [2.24, 2.45) is 0 Å². The SMILES string of the molecule is C=CC(=O)N1CCC(Nc2nc(NCCCC)ncc2-c2nc3ccc(F)cc3[nH]2)C1. The lowest BCUT2D eigenvalue weighted by Crippen LogP contribution is -2.30. The fraction of sp³-hybridized carbons (Fsp3) is 0.364. The van der Waals surface area contributed by atoms with Crippen molar-refractivity contribution in [1.29, 1.82) is 0 Å². The number of aromatic amines is 1. The van der Waals surface area contributed by atoms with Gasteiger partial charge in [-0.2, -0.15) is 4.98 Å². The van der Waals surface area contributed by atoms with Gasteiger partial charge in [-0.3, -0.25) is 4.79 Å². The number of nitrogens with zero attached hydrogens (tertiary/aromatic N) is 4. The maximum Gasteiger partial charge on any atom is 0.246 e. The first-order valence-electron chi connectivity index (χ1n) is 10.5. The quantitative estimate of drug-likeness (QED) is 0.378. The number of carbonyl (C=O) groups excluding carboxylic acids is 1. The second-order valence-corrected chi connectivity index (χ2v) is 7.60. The molecule has 2 aromatic heterocycles. The Kier molecular flexibility index (Phi) is 6.11. The van der Waals surface area contributed by atoms with Gasteiger partial charge in [0.15, 0.2) is 0 Å². The molecule has 0 radical (unpaired) electrons. The molecule has 1 atom stereocenters. The molecule has 3 N–H and O–H groups in total. The molecule has 162 valence electrons. The third kappa shape index (κ3) is 4.65. The van der Waals surface area contributed by atoms with Crippen LogP contribution >= 0.6 is 0 Å². The maximum atomic E-state index is 13.6. The first-order valence-corrected chi connectivity index (χ1v) is 10.5. The highest BCUT2D eigenvalue weighted by molar-refractivity contribution is 5.87. The first-order chi connectivity index (χ1) is 15.1. The Morgan fingerprint density at radius 2 is 2.29 bits per heavy atom. The van der Waals surface area contributed by atoms with E-state index >= 15 is 0 Å². The molecular weight excluding hydrogens is 397 g/mol. The Balaban J connectivity index is 1.63. The summed E-state index contributed by atoms with van der Waals surface area (Å²) in [6, 6.07) is 4.47. The number of amides is 1. The number of H-pyrrole nitrogens is 1. The molecule has 1 fully saturated rings. The van der Waals surface area contributed by atoms with Gasteiger partial charge in [-0.1, -0.05) is 19.9 Å². The lowest BCUT2D eigenvalue weighted by atomic mass is 10.2. The molecule has 8 nitrogen and oxygen atoms in total. The van der Waals surface area contributed by atoms with E-state index in [1.807, 2.05) is 0 Å². The van der Waals surface area contributed by atoms with Crippen LogP contribution in [0.15, 0.2) is 37.1 Å². The van der Waals surface area contributed by atoms with Gasteiger partial charge in [0.05, 0.1) is 16.6 Å². The number of benzene rings is 1. The van der Waals surface area contributed by atoms with Gasteiger partial charge in [0, 0.05) is 31.9 Å². The Labute approximate surface area is 180 Å². The van der Waals surface area contributed by atoms with E-state index < -0.39 is 0 Å². The molecule has 0 saturated carbocycles. The van der Waals surface area contributed by atoms with Crippen LogP contribution in [0.25, 0.3) is 22.4 Å². The van der Waals surface area contributed by atoms with Crippen molar-refractivity contribution in [3.05, 3.63) is 42.9 Å². The average molecular weight is 423 g/mol. The lowest BCUT2D eigenvalue weighted by molar-refractivity contribution is -0.125. The molecule has 1 unspecified atom stereocenters. The number of rotatable bonds is 8. The van der Waals surface area contributed by atoms with Crippen LogP contribution in [-0.4, -0.2) is 56.4 Å². The van der Waals surface area contributed by atoms with Crippen molar-refractivity contribution >= 4 is 28.7 Å². The number of carbonyl (C=O) groups is 1. The summed E-state index contributed by atoms with van der Waals surface area (Å²) in [5.74, 6) is 1.30. The summed E-state index contributed by atoms with van der Waals surface area (Å²) in [5, 5.41) is 6.69. The van der Waals surface area contributed by atoms with Crippen molar-refractivity contribution in [2.45, 2.75) is 32.2 Å². The molecule has 1 aliphatic rings. The summed E-state index contributed by atoms with van der Waals surface area (Å²) in [6.07, 6.45) is 5.93. The number of imidazole rings is 1. The molecule has 3 aromatic rings. The smallest absolute Gasteiger partial charge is 0.246 e. The van der Waals surface area contributed by atoms with E-state index in [2.05, 4.69) is 44.1 Å². The molecule has 0 bridgehead atoms. The summed E-state index contributed by atoms with van der Waals surface area (Å²) < 4.78 is 13.6. The standard InChI is InChI=1S/C22H26FN7O/c1-3-5-9-24-22-25-12-16(21-27-17-7-6-14(23)11-18(17)28-21)20(29-22)26-15-8-10-30(13-15)19(31)4-2/h4,6-7,11-12,15H,2-3,5,8-10,13H2,1H3,(H,27,28)(H2,24,25,26,29). The van der Waals surface area contributed by atoms with E-state index in [1.54, 1.807) is 17.2 Å². The van der Waals surface area contributed by atoms with Crippen LogP contribution < -0.4 is 10.6 Å². The van der Waals surface area contributed by atoms with Crippen molar-refractivity contribution in [3.63, 3.8) is 0 Å². The van der Waals surface area contributed by atoms with Crippen LogP contribution in [0.4, 0.5) is 16.2 Å². The van der Waals surface area contributed by atoms with E-state index in [-0.39, 0.29) is 17.8 Å². The van der Waals surface area contributed by atoms with E-state index in [1.165, 1.54) is 18.2 Å². The summed E-state index contributed by atoms with van der Waals surface area (Å²) in [4.78, 5) is 30.5. The van der Waals surface area contributed by atoms with Gasteiger partial charge in [-0.15, -0.1) is 0 Å². The number of hydrogen-bond donors (Lipinski definition) is 3. The summed E-state index contributed by atoms with van der Waals surface area (Å²) >= 11 is 0. The molecule has 1 aliphatic heterocycles. The number of hydrogen-bond acceptors (Lipinski definition) is 6. The molecule has 1 saturated heterocycles. The van der Waals surface area contributed by atoms with Gasteiger partial charge in [-0.25, -0.2) is 14.4 Å². The zero-order chi connectivity index (χ0) is 21.8. The summed E-state index contributed by atoms with van der Waals surface area (Å²) in [5.41, 5.74) is 1.96. The Hall–Kier alpha value is -3.49. The Bertz CT molecular complexity index is 1100. The Morgan fingerprint density at radius 1 is 1.42 bits per heavy atom.